The molecule has 6 heteroatoms. The summed E-state index contributed by atoms with van der Waals surface area (Å²) in [6, 6.07) is 9.62. The highest BCUT2D eigenvalue weighted by Gasteiger charge is 2.15. The SMILES string of the molecule is COc1ccc(CN(CCC(C)C)C[C@H](O)COCc2ccco2)cc1OC. The molecule has 0 aliphatic heterocycles. The number of ether oxygens (including phenoxy) is 3. The molecule has 1 atom stereocenters. The first-order chi connectivity index (χ1) is 13.5. The van der Waals surface area contributed by atoms with Gasteiger partial charge in [0.25, 0.3) is 0 Å². The molecular weight excluding hydrogens is 358 g/mol. The van der Waals surface area contributed by atoms with E-state index in [4.69, 9.17) is 18.6 Å². The topological polar surface area (TPSA) is 64.3 Å². The maximum atomic E-state index is 10.4. The number of hydrogen-bond acceptors (Lipinski definition) is 6. The maximum Gasteiger partial charge on any atom is 0.161 e. The van der Waals surface area contributed by atoms with Crippen molar-refractivity contribution in [2.75, 3.05) is 33.9 Å². The molecule has 1 N–H and O–H groups in total. The number of nitrogens with zero attached hydrogens (tertiary/aromatic N) is 1. The van der Waals surface area contributed by atoms with Crippen molar-refractivity contribution in [2.45, 2.75) is 39.5 Å². The molecule has 0 unspecified atom stereocenters. The highest BCUT2D eigenvalue weighted by Crippen LogP contribution is 2.28. The van der Waals surface area contributed by atoms with Gasteiger partial charge in [-0.1, -0.05) is 19.9 Å². The highest BCUT2D eigenvalue weighted by molar-refractivity contribution is 5.42. The van der Waals surface area contributed by atoms with Gasteiger partial charge in [-0.2, -0.15) is 0 Å². The minimum Gasteiger partial charge on any atom is -0.493 e. The highest BCUT2D eigenvalue weighted by atomic mass is 16.5. The number of benzene rings is 1. The van der Waals surface area contributed by atoms with Crippen molar-refractivity contribution in [3.8, 4) is 11.5 Å². The molecule has 0 bridgehead atoms. The summed E-state index contributed by atoms with van der Waals surface area (Å²) >= 11 is 0. The van der Waals surface area contributed by atoms with Gasteiger partial charge >= 0.3 is 0 Å². The van der Waals surface area contributed by atoms with E-state index in [-0.39, 0.29) is 6.61 Å². The van der Waals surface area contributed by atoms with Crippen LogP contribution < -0.4 is 9.47 Å². The molecule has 1 aromatic carbocycles. The second kappa shape index (κ2) is 11.7. The predicted octanol–water partition coefficient (Wildman–Crippen LogP) is 3.72. The second-order valence-corrected chi connectivity index (χ2v) is 7.36. The average Bonchev–Trinajstić information content (AvgIpc) is 3.19. The summed E-state index contributed by atoms with van der Waals surface area (Å²) in [6.45, 7) is 7.22. The molecule has 0 saturated carbocycles. The molecule has 0 amide bonds. The molecule has 2 rings (SSSR count). The number of furan rings is 1. The Kier molecular flexibility index (Phi) is 9.34. The van der Waals surface area contributed by atoms with Crippen molar-refractivity contribution in [1.82, 2.24) is 4.90 Å². The summed E-state index contributed by atoms with van der Waals surface area (Å²) in [5, 5.41) is 10.4. The van der Waals surface area contributed by atoms with Crippen LogP contribution in [0.25, 0.3) is 0 Å². The second-order valence-electron chi connectivity index (χ2n) is 7.36. The Hall–Kier alpha value is -2.02. The number of aliphatic hydroxyl groups is 1. The summed E-state index contributed by atoms with van der Waals surface area (Å²) in [6.07, 6.45) is 2.11. The van der Waals surface area contributed by atoms with Crippen LogP contribution in [0.1, 0.15) is 31.6 Å². The third-order valence-electron chi connectivity index (χ3n) is 4.48. The molecule has 6 nitrogen and oxygen atoms in total. The van der Waals surface area contributed by atoms with E-state index in [1.807, 2.05) is 30.3 Å². The number of methoxy groups -OCH3 is 2. The number of rotatable bonds is 13. The van der Waals surface area contributed by atoms with Gasteiger partial charge in [0, 0.05) is 13.1 Å². The fourth-order valence-corrected chi connectivity index (χ4v) is 2.95. The van der Waals surface area contributed by atoms with Crippen LogP contribution in [0.5, 0.6) is 11.5 Å². The zero-order chi connectivity index (χ0) is 20.4. The van der Waals surface area contributed by atoms with E-state index in [9.17, 15) is 5.11 Å². The van der Waals surface area contributed by atoms with Crippen molar-refractivity contribution in [1.29, 1.82) is 0 Å². The molecule has 1 heterocycles. The molecule has 156 valence electrons. The normalized spacial score (nSPS) is 12.5. The molecule has 2 aromatic rings. The number of aliphatic hydroxyl groups excluding tert-OH is 1. The van der Waals surface area contributed by atoms with Crippen molar-refractivity contribution >= 4 is 0 Å². The molecule has 0 aliphatic carbocycles. The van der Waals surface area contributed by atoms with Gasteiger partial charge in [0.1, 0.15) is 12.4 Å². The molecule has 0 radical (unpaired) electrons. The zero-order valence-corrected chi connectivity index (χ0v) is 17.4. The van der Waals surface area contributed by atoms with Crippen LogP contribution in [0.2, 0.25) is 0 Å². The van der Waals surface area contributed by atoms with E-state index in [0.717, 1.165) is 30.8 Å². The average molecular weight is 392 g/mol. The minimum absolute atomic E-state index is 0.269. The lowest BCUT2D eigenvalue weighted by Gasteiger charge is -2.26. The lowest BCUT2D eigenvalue weighted by molar-refractivity contribution is 0.00325. The Morgan fingerprint density at radius 1 is 1.11 bits per heavy atom. The molecule has 0 saturated heterocycles. The van der Waals surface area contributed by atoms with Gasteiger partial charge in [0.05, 0.1) is 33.2 Å². The third kappa shape index (κ3) is 7.54. The lowest BCUT2D eigenvalue weighted by Crippen LogP contribution is -2.35. The van der Waals surface area contributed by atoms with E-state index in [0.29, 0.717) is 30.6 Å². The van der Waals surface area contributed by atoms with Crippen LogP contribution in [0, 0.1) is 5.92 Å². The molecule has 1 aromatic heterocycles. The van der Waals surface area contributed by atoms with Crippen molar-refractivity contribution in [3.05, 3.63) is 47.9 Å². The molecule has 0 fully saturated rings. The van der Waals surface area contributed by atoms with Gasteiger partial charge in [0.15, 0.2) is 11.5 Å². The predicted molar refractivity (Wildman–Crippen MR) is 109 cm³/mol. The van der Waals surface area contributed by atoms with Crippen molar-refractivity contribution in [3.63, 3.8) is 0 Å². The van der Waals surface area contributed by atoms with Gasteiger partial charge in [0.2, 0.25) is 0 Å². The first-order valence-electron chi connectivity index (χ1n) is 9.73. The standard InChI is InChI=1S/C22H33NO5/c1-17(2)9-10-23(13-18-7-8-21(25-3)22(12-18)26-4)14-19(24)15-27-16-20-6-5-11-28-20/h5-8,11-12,17,19,24H,9-10,13-16H2,1-4H3/t19-/m0/s1. The Balaban J connectivity index is 1.92. The summed E-state index contributed by atoms with van der Waals surface area (Å²) in [7, 11) is 3.27. The summed E-state index contributed by atoms with van der Waals surface area (Å²) in [4.78, 5) is 2.25. The first-order valence-corrected chi connectivity index (χ1v) is 9.73. The molecular formula is C22H33NO5. The Bertz CT molecular complexity index is 672. The quantitative estimate of drug-likeness (QED) is 0.561. The van der Waals surface area contributed by atoms with E-state index >= 15 is 0 Å². The van der Waals surface area contributed by atoms with Crippen LogP contribution in [-0.2, 0) is 17.9 Å². The molecule has 28 heavy (non-hydrogen) atoms. The largest absolute Gasteiger partial charge is 0.493 e. The Morgan fingerprint density at radius 3 is 2.54 bits per heavy atom. The summed E-state index contributed by atoms with van der Waals surface area (Å²) in [5.41, 5.74) is 1.12. The van der Waals surface area contributed by atoms with E-state index in [1.165, 1.54) is 0 Å². The number of hydrogen-bond donors (Lipinski definition) is 1. The first kappa shape index (κ1) is 22.3. The fraction of sp³-hybridized carbons (Fsp3) is 0.545. The monoisotopic (exact) mass is 391 g/mol. The molecule has 0 aliphatic rings. The van der Waals surface area contributed by atoms with Gasteiger partial charge < -0.3 is 23.7 Å². The van der Waals surface area contributed by atoms with Crippen LogP contribution >= 0.6 is 0 Å². The molecule has 0 spiro atoms. The van der Waals surface area contributed by atoms with E-state index in [2.05, 4.69) is 18.7 Å². The maximum absolute atomic E-state index is 10.4. The smallest absolute Gasteiger partial charge is 0.161 e. The lowest BCUT2D eigenvalue weighted by atomic mass is 10.1. The third-order valence-corrected chi connectivity index (χ3v) is 4.48. The van der Waals surface area contributed by atoms with Gasteiger partial charge in [-0.15, -0.1) is 0 Å². The van der Waals surface area contributed by atoms with Crippen LogP contribution in [-0.4, -0.2) is 50.0 Å². The minimum atomic E-state index is -0.567. The van der Waals surface area contributed by atoms with E-state index < -0.39 is 6.10 Å². The van der Waals surface area contributed by atoms with Crippen LogP contribution in [0.3, 0.4) is 0 Å². The van der Waals surface area contributed by atoms with E-state index in [1.54, 1.807) is 20.5 Å². The van der Waals surface area contributed by atoms with Crippen molar-refractivity contribution < 1.29 is 23.7 Å². The Morgan fingerprint density at radius 2 is 1.89 bits per heavy atom. The van der Waals surface area contributed by atoms with Gasteiger partial charge in [-0.05, 0) is 48.7 Å². The van der Waals surface area contributed by atoms with Crippen molar-refractivity contribution in [2.24, 2.45) is 5.92 Å². The van der Waals surface area contributed by atoms with Crippen LogP contribution in [0.15, 0.2) is 41.0 Å². The summed E-state index contributed by atoms with van der Waals surface area (Å²) in [5.74, 6) is 2.78. The van der Waals surface area contributed by atoms with Crippen LogP contribution in [0.4, 0.5) is 0 Å². The van der Waals surface area contributed by atoms with Gasteiger partial charge in [-0.25, -0.2) is 0 Å². The van der Waals surface area contributed by atoms with Gasteiger partial charge in [-0.3, -0.25) is 4.90 Å². The summed E-state index contributed by atoms with van der Waals surface area (Å²) < 4.78 is 21.5. The fourth-order valence-electron chi connectivity index (χ4n) is 2.95. The zero-order valence-electron chi connectivity index (χ0n) is 17.4. The Labute approximate surface area is 168 Å².